The molecule has 0 saturated heterocycles. The quantitative estimate of drug-likeness (QED) is 0.836. The van der Waals surface area contributed by atoms with E-state index in [-0.39, 0.29) is 0 Å². The molecular weight excluding hydrogens is 236 g/mol. The largest absolute Gasteiger partial charge is 0.494 e. The summed E-state index contributed by atoms with van der Waals surface area (Å²) < 4.78 is 5.65. The Bertz CT molecular complexity index is 381. The number of rotatable bonds is 6. The van der Waals surface area contributed by atoms with Gasteiger partial charge in [-0.05, 0) is 49.8 Å². The van der Waals surface area contributed by atoms with Crippen LogP contribution in [0.5, 0.6) is 5.75 Å². The van der Waals surface area contributed by atoms with Crippen LogP contribution in [-0.4, -0.2) is 17.3 Å². The van der Waals surface area contributed by atoms with Gasteiger partial charge in [0.2, 0.25) is 0 Å². The van der Waals surface area contributed by atoms with Crippen LogP contribution in [0.3, 0.4) is 0 Å². The van der Waals surface area contributed by atoms with E-state index in [0.29, 0.717) is 0 Å². The van der Waals surface area contributed by atoms with Crippen LogP contribution in [0, 0.1) is 0 Å². The van der Waals surface area contributed by atoms with Gasteiger partial charge >= 0.3 is 0 Å². The first kappa shape index (κ1) is 14.4. The van der Waals surface area contributed by atoms with Gasteiger partial charge in [0.05, 0.1) is 12.2 Å². The highest BCUT2D eigenvalue weighted by Gasteiger charge is 2.28. The van der Waals surface area contributed by atoms with Crippen LogP contribution in [0.4, 0.5) is 0 Å². The predicted molar refractivity (Wildman–Crippen MR) is 78.6 cm³/mol. The molecule has 2 nitrogen and oxygen atoms in total. The fourth-order valence-corrected chi connectivity index (χ4v) is 2.85. The maximum Gasteiger partial charge on any atom is 0.119 e. The van der Waals surface area contributed by atoms with Gasteiger partial charge in [-0.1, -0.05) is 38.3 Å². The lowest BCUT2D eigenvalue weighted by molar-refractivity contribution is -0.00343. The first-order chi connectivity index (χ1) is 9.22. The minimum absolute atomic E-state index is 0.418. The van der Waals surface area contributed by atoms with Crippen LogP contribution in [-0.2, 0) is 6.42 Å². The lowest BCUT2D eigenvalue weighted by Crippen LogP contribution is -2.31. The van der Waals surface area contributed by atoms with E-state index >= 15 is 0 Å². The molecular formula is C17H26O2. The van der Waals surface area contributed by atoms with Gasteiger partial charge in [0.15, 0.2) is 0 Å². The summed E-state index contributed by atoms with van der Waals surface area (Å²) in [7, 11) is 0. The SMILES string of the molecule is CCCOc1cccc(CCC2(O)CCCCC2)c1. The molecule has 1 N–H and O–H groups in total. The average Bonchev–Trinajstić information content (AvgIpc) is 2.44. The zero-order valence-corrected chi connectivity index (χ0v) is 12.0. The van der Waals surface area contributed by atoms with Crippen molar-refractivity contribution in [2.75, 3.05) is 6.61 Å². The fraction of sp³-hybridized carbons (Fsp3) is 0.647. The van der Waals surface area contributed by atoms with Gasteiger partial charge in [-0.15, -0.1) is 0 Å². The molecule has 0 atom stereocenters. The predicted octanol–water partition coefficient (Wildman–Crippen LogP) is 4.10. The molecule has 0 aromatic heterocycles. The highest BCUT2D eigenvalue weighted by molar-refractivity contribution is 5.28. The maximum absolute atomic E-state index is 10.5. The third-order valence-electron chi connectivity index (χ3n) is 4.03. The van der Waals surface area contributed by atoms with Crippen molar-refractivity contribution < 1.29 is 9.84 Å². The summed E-state index contributed by atoms with van der Waals surface area (Å²) >= 11 is 0. The average molecular weight is 262 g/mol. The molecule has 0 spiro atoms. The Morgan fingerprint density at radius 2 is 2.00 bits per heavy atom. The second-order valence-corrected chi connectivity index (χ2v) is 5.78. The summed E-state index contributed by atoms with van der Waals surface area (Å²) in [6.45, 7) is 2.88. The van der Waals surface area contributed by atoms with Gasteiger partial charge in [0.1, 0.15) is 5.75 Å². The Morgan fingerprint density at radius 1 is 1.21 bits per heavy atom. The molecule has 0 radical (unpaired) electrons. The second-order valence-electron chi connectivity index (χ2n) is 5.78. The topological polar surface area (TPSA) is 29.5 Å². The van der Waals surface area contributed by atoms with Crippen molar-refractivity contribution in [3.63, 3.8) is 0 Å². The Balaban J connectivity index is 1.88. The van der Waals surface area contributed by atoms with Crippen molar-refractivity contribution in [1.82, 2.24) is 0 Å². The molecule has 0 aliphatic heterocycles. The molecule has 1 saturated carbocycles. The molecule has 0 amide bonds. The summed E-state index contributed by atoms with van der Waals surface area (Å²) in [5, 5.41) is 10.5. The Hall–Kier alpha value is -1.02. The summed E-state index contributed by atoms with van der Waals surface area (Å²) in [6.07, 6.45) is 8.43. The molecule has 106 valence electrons. The monoisotopic (exact) mass is 262 g/mol. The van der Waals surface area contributed by atoms with Crippen LogP contribution in [0.15, 0.2) is 24.3 Å². The second kappa shape index (κ2) is 6.95. The summed E-state index contributed by atoms with van der Waals surface area (Å²) in [6, 6.07) is 8.30. The zero-order valence-electron chi connectivity index (χ0n) is 12.0. The molecule has 19 heavy (non-hydrogen) atoms. The third kappa shape index (κ3) is 4.54. The third-order valence-corrected chi connectivity index (χ3v) is 4.03. The van der Waals surface area contributed by atoms with Gasteiger partial charge in [0.25, 0.3) is 0 Å². The molecule has 0 bridgehead atoms. The van der Waals surface area contributed by atoms with Gasteiger partial charge in [-0.2, -0.15) is 0 Å². The number of hydrogen-bond acceptors (Lipinski definition) is 2. The Kier molecular flexibility index (Phi) is 5.26. The molecule has 2 heteroatoms. The standard InChI is InChI=1S/C17H26O2/c1-2-13-19-16-8-6-7-15(14-16)9-12-17(18)10-4-3-5-11-17/h6-8,14,18H,2-5,9-13H2,1H3. The number of hydrogen-bond donors (Lipinski definition) is 1. The van der Waals surface area contributed by atoms with Crippen molar-refractivity contribution in [3.8, 4) is 5.75 Å². The number of benzene rings is 1. The van der Waals surface area contributed by atoms with E-state index in [4.69, 9.17) is 4.74 Å². The minimum atomic E-state index is -0.418. The van der Waals surface area contributed by atoms with Crippen LogP contribution < -0.4 is 4.74 Å². The maximum atomic E-state index is 10.5. The van der Waals surface area contributed by atoms with Crippen molar-refractivity contribution in [3.05, 3.63) is 29.8 Å². The van der Waals surface area contributed by atoms with Crippen molar-refractivity contribution in [1.29, 1.82) is 0 Å². The lowest BCUT2D eigenvalue weighted by Gasteiger charge is -2.32. The molecule has 1 fully saturated rings. The van der Waals surface area contributed by atoms with Gasteiger partial charge in [-0.25, -0.2) is 0 Å². The Labute approximate surface area is 116 Å². The summed E-state index contributed by atoms with van der Waals surface area (Å²) in [4.78, 5) is 0. The van der Waals surface area contributed by atoms with Gasteiger partial charge in [0, 0.05) is 0 Å². The molecule has 1 aliphatic rings. The molecule has 0 unspecified atom stereocenters. The summed E-state index contributed by atoms with van der Waals surface area (Å²) in [5.41, 5.74) is 0.853. The number of aryl methyl sites for hydroxylation is 1. The van der Waals surface area contributed by atoms with E-state index in [9.17, 15) is 5.11 Å². The van der Waals surface area contributed by atoms with E-state index in [1.54, 1.807) is 0 Å². The van der Waals surface area contributed by atoms with Gasteiger partial charge in [-0.3, -0.25) is 0 Å². The molecule has 2 rings (SSSR count). The number of aliphatic hydroxyl groups is 1. The van der Waals surface area contributed by atoms with E-state index < -0.39 is 5.60 Å². The fourth-order valence-electron chi connectivity index (χ4n) is 2.85. The Morgan fingerprint density at radius 3 is 2.74 bits per heavy atom. The molecule has 1 aromatic carbocycles. The van der Waals surface area contributed by atoms with E-state index in [0.717, 1.165) is 44.5 Å². The molecule has 0 heterocycles. The van der Waals surface area contributed by atoms with Crippen molar-refractivity contribution >= 4 is 0 Å². The van der Waals surface area contributed by atoms with Crippen molar-refractivity contribution in [2.24, 2.45) is 0 Å². The van der Waals surface area contributed by atoms with Crippen LogP contribution in [0.2, 0.25) is 0 Å². The van der Waals surface area contributed by atoms with Crippen LogP contribution in [0.1, 0.15) is 57.4 Å². The highest BCUT2D eigenvalue weighted by atomic mass is 16.5. The van der Waals surface area contributed by atoms with Crippen LogP contribution in [0.25, 0.3) is 0 Å². The smallest absolute Gasteiger partial charge is 0.119 e. The highest BCUT2D eigenvalue weighted by Crippen LogP contribution is 2.32. The zero-order chi connectivity index (χ0) is 13.6. The van der Waals surface area contributed by atoms with E-state index in [1.165, 1.54) is 24.8 Å². The van der Waals surface area contributed by atoms with Crippen molar-refractivity contribution in [2.45, 2.75) is 63.9 Å². The lowest BCUT2D eigenvalue weighted by atomic mass is 9.81. The first-order valence-corrected chi connectivity index (χ1v) is 7.66. The number of ether oxygens (including phenoxy) is 1. The normalized spacial score (nSPS) is 18.2. The van der Waals surface area contributed by atoms with Crippen LogP contribution >= 0.6 is 0 Å². The first-order valence-electron chi connectivity index (χ1n) is 7.66. The molecule has 1 aromatic rings. The van der Waals surface area contributed by atoms with Gasteiger partial charge < -0.3 is 9.84 Å². The summed E-state index contributed by atoms with van der Waals surface area (Å²) in [5.74, 6) is 0.954. The minimum Gasteiger partial charge on any atom is -0.494 e. The van der Waals surface area contributed by atoms with E-state index in [2.05, 4.69) is 19.1 Å². The van der Waals surface area contributed by atoms with E-state index in [1.807, 2.05) is 12.1 Å². The molecule has 1 aliphatic carbocycles.